The molecule has 3 saturated carbocycles. The van der Waals surface area contributed by atoms with E-state index in [1.54, 1.807) is 0 Å². The highest BCUT2D eigenvalue weighted by atomic mass is 19.4. The van der Waals surface area contributed by atoms with Gasteiger partial charge in [0.1, 0.15) is 0 Å². The first-order chi connectivity index (χ1) is 17.1. The molecule has 0 radical (unpaired) electrons. The Morgan fingerprint density at radius 1 is 1.00 bits per heavy atom. The van der Waals surface area contributed by atoms with E-state index in [4.69, 9.17) is 0 Å². The zero-order valence-corrected chi connectivity index (χ0v) is 20.9. The third-order valence-corrected chi connectivity index (χ3v) is 10.0. The number of anilines is 1. The molecular formula is C28H32F6N2O. The molecule has 4 aliphatic rings. The van der Waals surface area contributed by atoms with Crippen LogP contribution in [0, 0.1) is 34.5 Å². The third-order valence-electron chi connectivity index (χ3n) is 10.0. The summed E-state index contributed by atoms with van der Waals surface area (Å²) in [6, 6.07) is 1.48. The van der Waals surface area contributed by atoms with Crippen LogP contribution in [0.15, 0.2) is 42.6 Å². The average Bonchev–Trinajstić information content (AvgIpc) is 3.15. The summed E-state index contributed by atoms with van der Waals surface area (Å²) in [5, 5.41) is 5.80. The smallest absolute Gasteiger partial charge is 0.382 e. The molecule has 1 aromatic carbocycles. The molecule has 0 saturated heterocycles. The second-order valence-electron chi connectivity index (χ2n) is 11.8. The van der Waals surface area contributed by atoms with E-state index in [0.717, 1.165) is 37.8 Å². The van der Waals surface area contributed by atoms with E-state index >= 15 is 0 Å². The predicted molar refractivity (Wildman–Crippen MR) is 128 cm³/mol. The van der Waals surface area contributed by atoms with Crippen LogP contribution in [0.3, 0.4) is 0 Å². The quantitative estimate of drug-likeness (QED) is 0.391. The van der Waals surface area contributed by atoms with Gasteiger partial charge in [-0.05, 0) is 86.0 Å². The number of alkyl halides is 6. The van der Waals surface area contributed by atoms with Gasteiger partial charge in [0.15, 0.2) is 0 Å². The van der Waals surface area contributed by atoms with E-state index < -0.39 is 46.4 Å². The summed E-state index contributed by atoms with van der Waals surface area (Å²) in [6.45, 7) is 8.36. The SMILES string of the molecule is C=C1C=CC2(C)C(CCC3C2CCC2(C)C3CC[C@@H]2C(=O)Nc2cc(C(F)(F)F)ccc2C(F)(F)F)N1. The number of carbonyl (C=O) groups is 1. The second-order valence-corrected chi connectivity index (χ2v) is 11.8. The van der Waals surface area contributed by atoms with Crippen molar-refractivity contribution in [3.63, 3.8) is 0 Å². The number of allylic oxidation sites excluding steroid dienone is 1. The first-order valence-corrected chi connectivity index (χ1v) is 12.9. The summed E-state index contributed by atoms with van der Waals surface area (Å²) < 4.78 is 80.5. The summed E-state index contributed by atoms with van der Waals surface area (Å²) in [7, 11) is 0. The Kier molecular flexibility index (Phi) is 6.03. The molecule has 6 unspecified atom stereocenters. The van der Waals surface area contributed by atoms with Crippen LogP contribution < -0.4 is 10.6 Å². The Labute approximate surface area is 212 Å². The minimum absolute atomic E-state index is 0.0363. The molecule has 0 spiro atoms. The third kappa shape index (κ3) is 4.26. The Morgan fingerprint density at radius 3 is 2.41 bits per heavy atom. The van der Waals surface area contributed by atoms with Crippen molar-refractivity contribution < 1.29 is 31.1 Å². The molecule has 3 fully saturated rings. The first kappa shape index (κ1) is 26.2. The van der Waals surface area contributed by atoms with E-state index in [0.29, 0.717) is 42.5 Å². The van der Waals surface area contributed by atoms with Crippen molar-refractivity contribution in [1.82, 2.24) is 5.32 Å². The van der Waals surface area contributed by atoms with Crippen molar-refractivity contribution in [3.05, 3.63) is 53.8 Å². The molecule has 1 amide bonds. The highest BCUT2D eigenvalue weighted by Crippen LogP contribution is 2.65. The van der Waals surface area contributed by atoms with Crippen LogP contribution in [0.4, 0.5) is 32.0 Å². The highest BCUT2D eigenvalue weighted by Gasteiger charge is 2.60. The number of benzene rings is 1. The molecule has 3 nitrogen and oxygen atoms in total. The lowest BCUT2D eigenvalue weighted by Crippen LogP contribution is -2.58. The van der Waals surface area contributed by atoms with Crippen LogP contribution in [0.5, 0.6) is 0 Å². The lowest BCUT2D eigenvalue weighted by Gasteiger charge is -2.59. The van der Waals surface area contributed by atoms with E-state index in [1.165, 1.54) is 0 Å². The van der Waals surface area contributed by atoms with Gasteiger partial charge >= 0.3 is 12.4 Å². The predicted octanol–water partition coefficient (Wildman–Crippen LogP) is 7.56. The fourth-order valence-electron chi connectivity index (χ4n) is 8.13. The molecule has 3 aliphatic carbocycles. The Bertz CT molecular complexity index is 1140. The zero-order chi connectivity index (χ0) is 27.0. The molecular weight excluding hydrogens is 494 g/mol. The van der Waals surface area contributed by atoms with Crippen LogP contribution in [0.1, 0.15) is 63.5 Å². The summed E-state index contributed by atoms with van der Waals surface area (Å²) in [5.41, 5.74) is -2.88. The summed E-state index contributed by atoms with van der Waals surface area (Å²) in [5.74, 6) is -0.136. The van der Waals surface area contributed by atoms with Crippen LogP contribution in [-0.4, -0.2) is 11.9 Å². The fraction of sp³-hybridized carbons (Fsp3) is 0.607. The van der Waals surface area contributed by atoms with Crippen molar-refractivity contribution in [2.24, 2.45) is 34.5 Å². The monoisotopic (exact) mass is 526 g/mol. The molecule has 0 bridgehead atoms. The van der Waals surface area contributed by atoms with Gasteiger partial charge in [0.2, 0.25) is 5.91 Å². The molecule has 5 rings (SSSR count). The minimum atomic E-state index is -4.89. The molecule has 0 aromatic heterocycles. The lowest BCUT2D eigenvalue weighted by atomic mass is 9.48. The number of rotatable bonds is 2. The first-order valence-electron chi connectivity index (χ1n) is 12.9. The van der Waals surface area contributed by atoms with Gasteiger partial charge in [0.25, 0.3) is 0 Å². The number of carbonyl (C=O) groups excluding carboxylic acids is 1. The average molecular weight is 527 g/mol. The van der Waals surface area contributed by atoms with Gasteiger partial charge in [0.05, 0.1) is 16.8 Å². The molecule has 37 heavy (non-hydrogen) atoms. The van der Waals surface area contributed by atoms with E-state index in [-0.39, 0.29) is 11.3 Å². The van der Waals surface area contributed by atoms with Crippen molar-refractivity contribution in [2.45, 2.75) is 70.8 Å². The van der Waals surface area contributed by atoms with Crippen LogP contribution >= 0.6 is 0 Å². The largest absolute Gasteiger partial charge is 0.418 e. The van der Waals surface area contributed by atoms with Crippen molar-refractivity contribution in [1.29, 1.82) is 0 Å². The minimum Gasteiger partial charge on any atom is -0.382 e. The summed E-state index contributed by atoms with van der Waals surface area (Å²) >= 11 is 0. The molecule has 2 N–H and O–H groups in total. The van der Waals surface area contributed by atoms with Crippen molar-refractivity contribution >= 4 is 11.6 Å². The van der Waals surface area contributed by atoms with Gasteiger partial charge in [-0.15, -0.1) is 0 Å². The maximum absolute atomic E-state index is 13.6. The molecule has 9 heteroatoms. The number of hydrogen-bond acceptors (Lipinski definition) is 2. The van der Waals surface area contributed by atoms with Crippen LogP contribution in [0.25, 0.3) is 0 Å². The van der Waals surface area contributed by atoms with Crippen molar-refractivity contribution in [2.75, 3.05) is 5.32 Å². The summed E-state index contributed by atoms with van der Waals surface area (Å²) in [6.07, 6.45) is -0.497. The Morgan fingerprint density at radius 2 is 1.73 bits per heavy atom. The number of hydrogen-bond donors (Lipinski definition) is 2. The second kappa shape index (κ2) is 8.53. The molecule has 1 aromatic rings. The topological polar surface area (TPSA) is 41.1 Å². The van der Waals surface area contributed by atoms with Crippen LogP contribution in [-0.2, 0) is 17.1 Å². The highest BCUT2D eigenvalue weighted by molar-refractivity contribution is 5.94. The van der Waals surface area contributed by atoms with Crippen molar-refractivity contribution in [3.8, 4) is 0 Å². The van der Waals surface area contributed by atoms with E-state index in [9.17, 15) is 31.1 Å². The number of fused-ring (bicyclic) bond motifs is 5. The van der Waals surface area contributed by atoms with Gasteiger partial charge in [0, 0.05) is 23.1 Å². The normalized spacial score (nSPS) is 37.3. The van der Waals surface area contributed by atoms with Gasteiger partial charge < -0.3 is 10.6 Å². The van der Waals surface area contributed by atoms with Crippen LogP contribution in [0.2, 0.25) is 0 Å². The maximum Gasteiger partial charge on any atom is 0.418 e. The number of halogens is 6. The van der Waals surface area contributed by atoms with E-state index in [1.807, 2.05) is 13.0 Å². The number of nitrogens with one attached hydrogen (secondary N) is 2. The summed E-state index contributed by atoms with van der Waals surface area (Å²) in [4.78, 5) is 13.4. The Balaban J connectivity index is 1.40. The lowest BCUT2D eigenvalue weighted by molar-refractivity contribution is -0.141. The van der Waals surface area contributed by atoms with Gasteiger partial charge in [-0.3, -0.25) is 4.79 Å². The molecule has 1 aliphatic heterocycles. The molecule has 202 valence electrons. The molecule has 1 heterocycles. The zero-order valence-electron chi connectivity index (χ0n) is 20.9. The standard InChI is InChI=1S/C28H32F6N2O/c1-15-10-12-26(3)19-11-13-25(2)18(17(19)5-9-23(26)35-15)7-8-21(25)24(37)36-22-14-16(27(29,30)31)4-6-20(22)28(32,33)34/h4,6,10,12,14,17-19,21,23,35H,1,5,7-9,11,13H2,2-3H3,(H,36,37)/t17?,18?,19?,21-,23?,25?,26?/m1/s1. The molecule has 7 atom stereocenters. The van der Waals surface area contributed by atoms with Gasteiger partial charge in [-0.2, -0.15) is 26.3 Å². The Hall–Kier alpha value is -2.45. The fourth-order valence-corrected chi connectivity index (χ4v) is 8.13. The van der Waals surface area contributed by atoms with Gasteiger partial charge in [-0.1, -0.05) is 26.5 Å². The number of amides is 1. The maximum atomic E-state index is 13.6. The van der Waals surface area contributed by atoms with E-state index in [2.05, 4.69) is 30.2 Å². The van der Waals surface area contributed by atoms with Gasteiger partial charge in [-0.25, -0.2) is 0 Å².